The number of hydrogen-bond acceptors (Lipinski definition) is 2. The predicted molar refractivity (Wildman–Crippen MR) is 76.0 cm³/mol. The maximum Gasteiger partial charge on any atom is 0.306 e. The van der Waals surface area contributed by atoms with Gasteiger partial charge in [-0.25, -0.2) is 0 Å². The van der Waals surface area contributed by atoms with E-state index in [4.69, 9.17) is 0 Å². The molecule has 3 heteroatoms. The highest BCUT2D eigenvalue weighted by Gasteiger charge is 2.20. The molecule has 1 unspecified atom stereocenters. The molecule has 0 saturated carbocycles. The Kier molecular flexibility index (Phi) is 4.15. The summed E-state index contributed by atoms with van der Waals surface area (Å²) in [5.41, 5.74) is 1.78. The number of hydrogen-bond donors (Lipinski definition) is 1. The van der Waals surface area contributed by atoms with Crippen LogP contribution in [-0.4, -0.2) is 16.1 Å². The van der Waals surface area contributed by atoms with Crippen LogP contribution in [0, 0.1) is 11.8 Å². The van der Waals surface area contributed by atoms with Crippen molar-refractivity contribution in [3.05, 3.63) is 42.1 Å². The number of nitrogens with zero attached hydrogens (tertiary/aromatic N) is 1. The van der Waals surface area contributed by atoms with Crippen LogP contribution in [0.15, 0.2) is 36.4 Å². The van der Waals surface area contributed by atoms with E-state index in [1.54, 1.807) is 0 Å². The second-order valence-electron chi connectivity index (χ2n) is 5.36. The quantitative estimate of drug-likeness (QED) is 0.891. The normalized spacial score (nSPS) is 12.8. The first kappa shape index (κ1) is 13.5. The van der Waals surface area contributed by atoms with Crippen LogP contribution in [0.1, 0.15) is 26.0 Å². The van der Waals surface area contributed by atoms with E-state index in [9.17, 15) is 9.90 Å². The summed E-state index contributed by atoms with van der Waals surface area (Å²) in [4.78, 5) is 15.8. The third-order valence-corrected chi connectivity index (χ3v) is 3.22. The molecule has 0 spiro atoms. The van der Waals surface area contributed by atoms with Gasteiger partial charge in [-0.3, -0.25) is 9.78 Å². The number of pyridine rings is 1. The molecule has 0 radical (unpaired) electrons. The minimum absolute atomic E-state index is 0.353. The average molecular weight is 257 g/mol. The van der Waals surface area contributed by atoms with E-state index >= 15 is 0 Å². The summed E-state index contributed by atoms with van der Waals surface area (Å²) in [6, 6.07) is 11.8. The average Bonchev–Trinajstić information content (AvgIpc) is 2.37. The summed E-state index contributed by atoms with van der Waals surface area (Å²) in [5, 5.41) is 10.4. The van der Waals surface area contributed by atoms with Crippen molar-refractivity contribution in [2.24, 2.45) is 11.8 Å². The number of carboxylic acid groups (broad SMARTS) is 1. The van der Waals surface area contributed by atoms with Gasteiger partial charge in [0.2, 0.25) is 0 Å². The Morgan fingerprint density at radius 2 is 1.95 bits per heavy atom. The van der Waals surface area contributed by atoms with E-state index in [1.165, 1.54) is 0 Å². The van der Waals surface area contributed by atoms with Gasteiger partial charge in [-0.1, -0.05) is 38.1 Å². The standard InChI is InChI=1S/C16H19NO2/c1-11(2)9-13(16(18)19)10-14-8-7-12-5-3-4-6-15(12)17-14/h3-8,11,13H,9-10H2,1-2H3,(H,18,19). The van der Waals surface area contributed by atoms with Gasteiger partial charge in [-0.15, -0.1) is 0 Å². The Balaban J connectivity index is 2.21. The second kappa shape index (κ2) is 5.83. The van der Waals surface area contributed by atoms with Gasteiger partial charge in [0.05, 0.1) is 11.4 Å². The molecule has 1 atom stereocenters. The van der Waals surface area contributed by atoms with Crippen molar-refractivity contribution in [2.75, 3.05) is 0 Å². The van der Waals surface area contributed by atoms with Crippen LogP contribution < -0.4 is 0 Å². The topological polar surface area (TPSA) is 50.2 Å². The molecule has 3 nitrogen and oxygen atoms in total. The molecule has 0 aliphatic rings. The highest BCUT2D eigenvalue weighted by atomic mass is 16.4. The van der Waals surface area contributed by atoms with Crippen LogP contribution in [0.25, 0.3) is 10.9 Å². The van der Waals surface area contributed by atoms with Crippen LogP contribution in [0.3, 0.4) is 0 Å². The second-order valence-corrected chi connectivity index (χ2v) is 5.36. The lowest BCUT2D eigenvalue weighted by Crippen LogP contribution is -2.19. The lowest BCUT2D eigenvalue weighted by molar-refractivity contribution is -0.142. The van der Waals surface area contributed by atoms with E-state index in [0.717, 1.165) is 16.6 Å². The molecule has 0 bridgehead atoms. The number of aliphatic carboxylic acids is 1. The fraction of sp³-hybridized carbons (Fsp3) is 0.375. The number of benzene rings is 1. The van der Waals surface area contributed by atoms with Crippen LogP contribution in [0.4, 0.5) is 0 Å². The van der Waals surface area contributed by atoms with Gasteiger partial charge in [-0.05, 0) is 24.5 Å². The van der Waals surface area contributed by atoms with Crippen molar-refractivity contribution < 1.29 is 9.90 Å². The Labute approximate surface area is 113 Å². The molecule has 2 rings (SSSR count). The van der Waals surface area contributed by atoms with Crippen molar-refractivity contribution in [3.63, 3.8) is 0 Å². The fourth-order valence-corrected chi connectivity index (χ4v) is 2.31. The molecular formula is C16H19NO2. The van der Waals surface area contributed by atoms with Gasteiger partial charge in [0.25, 0.3) is 0 Å². The molecule has 2 aromatic rings. The minimum atomic E-state index is -0.733. The smallest absolute Gasteiger partial charge is 0.306 e. The first-order chi connectivity index (χ1) is 9.06. The van der Waals surface area contributed by atoms with Gasteiger partial charge >= 0.3 is 5.97 Å². The Morgan fingerprint density at radius 1 is 1.21 bits per heavy atom. The Morgan fingerprint density at radius 3 is 2.63 bits per heavy atom. The van der Waals surface area contributed by atoms with Crippen molar-refractivity contribution in [2.45, 2.75) is 26.7 Å². The first-order valence-corrected chi connectivity index (χ1v) is 6.63. The predicted octanol–water partition coefficient (Wildman–Crippen LogP) is 3.52. The first-order valence-electron chi connectivity index (χ1n) is 6.63. The van der Waals surface area contributed by atoms with Gasteiger partial charge in [0, 0.05) is 17.5 Å². The summed E-state index contributed by atoms with van der Waals surface area (Å²) in [6.45, 7) is 4.09. The van der Waals surface area contributed by atoms with E-state index in [1.807, 2.05) is 50.2 Å². The number of aromatic nitrogens is 1. The summed E-state index contributed by atoms with van der Waals surface area (Å²) in [6.07, 6.45) is 1.18. The van der Waals surface area contributed by atoms with Crippen molar-refractivity contribution in [1.29, 1.82) is 0 Å². The summed E-state index contributed by atoms with van der Waals surface area (Å²) in [5.74, 6) is -0.709. The van der Waals surface area contributed by atoms with E-state index in [2.05, 4.69) is 4.98 Å². The molecule has 1 aromatic heterocycles. The van der Waals surface area contributed by atoms with Crippen molar-refractivity contribution in [1.82, 2.24) is 4.98 Å². The van der Waals surface area contributed by atoms with Crippen LogP contribution >= 0.6 is 0 Å². The molecular weight excluding hydrogens is 238 g/mol. The maximum absolute atomic E-state index is 11.3. The number of para-hydroxylation sites is 1. The summed E-state index contributed by atoms with van der Waals surface area (Å²) in [7, 11) is 0. The van der Waals surface area contributed by atoms with Crippen molar-refractivity contribution >= 4 is 16.9 Å². The monoisotopic (exact) mass is 257 g/mol. The van der Waals surface area contributed by atoms with E-state index < -0.39 is 5.97 Å². The molecule has 100 valence electrons. The molecule has 1 aromatic carbocycles. The zero-order valence-electron chi connectivity index (χ0n) is 11.3. The largest absolute Gasteiger partial charge is 0.481 e. The molecule has 19 heavy (non-hydrogen) atoms. The van der Waals surface area contributed by atoms with Gasteiger partial charge in [0.1, 0.15) is 0 Å². The van der Waals surface area contributed by atoms with E-state index in [0.29, 0.717) is 18.8 Å². The fourth-order valence-electron chi connectivity index (χ4n) is 2.31. The van der Waals surface area contributed by atoms with Crippen LogP contribution in [0.2, 0.25) is 0 Å². The Hall–Kier alpha value is -1.90. The third kappa shape index (κ3) is 3.53. The number of fused-ring (bicyclic) bond motifs is 1. The zero-order chi connectivity index (χ0) is 13.8. The van der Waals surface area contributed by atoms with Gasteiger partial charge < -0.3 is 5.11 Å². The zero-order valence-corrected chi connectivity index (χ0v) is 11.3. The van der Waals surface area contributed by atoms with E-state index in [-0.39, 0.29) is 5.92 Å². The maximum atomic E-state index is 11.3. The number of carbonyl (C=O) groups is 1. The molecule has 0 amide bonds. The lowest BCUT2D eigenvalue weighted by Gasteiger charge is -2.14. The number of rotatable bonds is 5. The molecule has 1 N–H and O–H groups in total. The Bertz CT molecular complexity index is 578. The highest BCUT2D eigenvalue weighted by Crippen LogP contribution is 2.19. The summed E-state index contributed by atoms with van der Waals surface area (Å²) >= 11 is 0. The molecule has 1 heterocycles. The molecule has 0 saturated heterocycles. The molecule has 0 fully saturated rings. The minimum Gasteiger partial charge on any atom is -0.481 e. The summed E-state index contributed by atoms with van der Waals surface area (Å²) < 4.78 is 0. The van der Waals surface area contributed by atoms with Gasteiger partial charge in [-0.2, -0.15) is 0 Å². The third-order valence-electron chi connectivity index (χ3n) is 3.22. The SMILES string of the molecule is CC(C)CC(Cc1ccc2ccccc2n1)C(=O)O. The molecule has 0 aliphatic carbocycles. The van der Waals surface area contributed by atoms with Crippen molar-refractivity contribution in [3.8, 4) is 0 Å². The highest BCUT2D eigenvalue weighted by molar-refractivity contribution is 5.78. The number of carboxylic acids is 1. The molecule has 0 aliphatic heterocycles. The van der Waals surface area contributed by atoms with Gasteiger partial charge in [0.15, 0.2) is 0 Å². The van der Waals surface area contributed by atoms with Crippen LogP contribution in [-0.2, 0) is 11.2 Å². The lowest BCUT2D eigenvalue weighted by atomic mass is 9.92. The van der Waals surface area contributed by atoms with Crippen LogP contribution in [0.5, 0.6) is 0 Å².